The highest BCUT2D eigenvalue weighted by Gasteiger charge is 2.05. The first-order valence-corrected chi connectivity index (χ1v) is 7.65. The van der Waals surface area contributed by atoms with Gasteiger partial charge in [-0.3, -0.25) is 4.79 Å². The molecule has 0 fully saturated rings. The van der Waals surface area contributed by atoms with Crippen molar-refractivity contribution in [3.8, 4) is 11.1 Å². The van der Waals surface area contributed by atoms with E-state index < -0.39 is 0 Å². The van der Waals surface area contributed by atoms with Crippen LogP contribution in [-0.2, 0) is 6.42 Å². The molecule has 0 saturated carbocycles. The van der Waals surface area contributed by atoms with Gasteiger partial charge >= 0.3 is 0 Å². The molecule has 0 aliphatic heterocycles. The summed E-state index contributed by atoms with van der Waals surface area (Å²) in [7, 11) is 0. The van der Waals surface area contributed by atoms with Gasteiger partial charge in [0.1, 0.15) is 6.26 Å². The molecule has 0 spiro atoms. The van der Waals surface area contributed by atoms with Gasteiger partial charge in [-0.1, -0.05) is 47.6 Å². The maximum atomic E-state index is 12.1. The minimum absolute atomic E-state index is 0.0464. The number of rotatable bonds is 6. The fourth-order valence-electron chi connectivity index (χ4n) is 2.39. The second-order valence-electron chi connectivity index (χ2n) is 5.34. The smallest absolute Gasteiger partial charge is 0.251 e. The molecule has 0 bridgehead atoms. The van der Waals surface area contributed by atoms with Gasteiger partial charge in [-0.15, -0.1) is 0 Å². The molecule has 4 heteroatoms. The Bertz CT molecular complexity index is 735. The van der Waals surface area contributed by atoms with Crippen molar-refractivity contribution in [2.75, 3.05) is 6.54 Å². The van der Waals surface area contributed by atoms with E-state index in [1.807, 2.05) is 42.5 Å². The lowest BCUT2D eigenvalue weighted by molar-refractivity contribution is 0.0953. The van der Waals surface area contributed by atoms with Crippen LogP contribution in [0.25, 0.3) is 11.1 Å². The largest absolute Gasteiger partial charge is 0.364 e. The summed E-state index contributed by atoms with van der Waals surface area (Å²) in [5, 5.41) is 6.59. The molecule has 3 aromatic rings. The molecule has 0 unspecified atom stereocenters. The van der Waals surface area contributed by atoms with Crippen LogP contribution in [0.2, 0.25) is 0 Å². The zero-order valence-electron chi connectivity index (χ0n) is 12.7. The Labute approximate surface area is 135 Å². The molecular weight excluding hydrogens is 288 g/mol. The van der Waals surface area contributed by atoms with E-state index in [1.54, 1.807) is 12.5 Å². The van der Waals surface area contributed by atoms with Crippen LogP contribution >= 0.6 is 0 Å². The van der Waals surface area contributed by atoms with Gasteiger partial charge in [-0.2, -0.15) is 0 Å². The van der Waals surface area contributed by atoms with Crippen molar-refractivity contribution in [2.24, 2.45) is 0 Å². The standard InChI is InChI=1S/C19H18N2O2/c22-19(20-12-4-5-15-13-21-23-14-15)18-10-8-17(9-11-18)16-6-2-1-3-7-16/h1-3,6-11,13-14H,4-5,12H2,(H,20,22). The first kappa shape index (κ1) is 15.0. The van der Waals surface area contributed by atoms with Crippen LogP contribution in [0.15, 0.2) is 71.6 Å². The molecule has 1 aromatic heterocycles. The SMILES string of the molecule is O=C(NCCCc1cnoc1)c1ccc(-c2ccccc2)cc1. The van der Waals surface area contributed by atoms with E-state index in [0.29, 0.717) is 12.1 Å². The third-order valence-corrected chi connectivity index (χ3v) is 3.67. The van der Waals surface area contributed by atoms with Gasteiger partial charge in [-0.05, 0) is 36.1 Å². The van der Waals surface area contributed by atoms with E-state index >= 15 is 0 Å². The summed E-state index contributed by atoms with van der Waals surface area (Å²) in [6.45, 7) is 0.629. The van der Waals surface area contributed by atoms with Gasteiger partial charge in [0.25, 0.3) is 5.91 Å². The summed E-state index contributed by atoms with van der Waals surface area (Å²) in [5.41, 5.74) is 3.98. The summed E-state index contributed by atoms with van der Waals surface area (Å²) in [6.07, 6.45) is 5.03. The zero-order chi connectivity index (χ0) is 15.9. The molecule has 3 rings (SSSR count). The Balaban J connectivity index is 1.51. The van der Waals surface area contributed by atoms with E-state index in [-0.39, 0.29) is 5.91 Å². The highest BCUT2D eigenvalue weighted by atomic mass is 16.5. The molecule has 2 aromatic carbocycles. The number of carbonyl (C=O) groups excluding carboxylic acids is 1. The van der Waals surface area contributed by atoms with E-state index in [9.17, 15) is 4.79 Å². The van der Waals surface area contributed by atoms with Gasteiger partial charge in [0.05, 0.1) is 6.20 Å². The van der Waals surface area contributed by atoms with Crippen LogP contribution in [-0.4, -0.2) is 17.6 Å². The first-order chi connectivity index (χ1) is 11.3. The molecule has 1 heterocycles. The number of aryl methyl sites for hydroxylation is 1. The van der Waals surface area contributed by atoms with Crippen LogP contribution in [0.4, 0.5) is 0 Å². The van der Waals surface area contributed by atoms with Gasteiger partial charge < -0.3 is 9.84 Å². The van der Waals surface area contributed by atoms with Crippen molar-refractivity contribution >= 4 is 5.91 Å². The molecule has 23 heavy (non-hydrogen) atoms. The summed E-state index contributed by atoms with van der Waals surface area (Å²) >= 11 is 0. The number of nitrogens with one attached hydrogen (secondary N) is 1. The van der Waals surface area contributed by atoms with Crippen molar-refractivity contribution < 1.29 is 9.32 Å². The van der Waals surface area contributed by atoms with Gasteiger partial charge in [-0.25, -0.2) is 0 Å². The fraction of sp³-hybridized carbons (Fsp3) is 0.158. The van der Waals surface area contributed by atoms with Crippen molar-refractivity contribution in [3.63, 3.8) is 0 Å². The van der Waals surface area contributed by atoms with E-state index in [4.69, 9.17) is 4.52 Å². The Kier molecular flexibility index (Phi) is 4.84. The second-order valence-corrected chi connectivity index (χ2v) is 5.34. The van der Waals surface area contributed by atoms with Crippen LogP contribution in [0.5, 0.6) is 0 Å². The summed E-state index contributed by atoms with van der Waals surface area (Å²) in [6, 6.07) is 17.8. The van der Waals surface area contributed by atoms with Gasteiger partial charge in [0, 0.05) is 17.7 Å². The fourth-order valence-corrected chi connectivity index (χ4v) is 2.39. The molecule has 116 valence electrons. The number of carbonyl (C=O) groups is 1. The first-order valence-electron chi connectivity index (χ1n) is 7.65. The average molecular weight is 306 g/mol. The van der Waals surface area contributed by atoms with Gasteiger partial charge in [0.2, 0.25) is 0 Å². The molecule has 0 radical (unpaired) electrons. The molecule has 0 aliphatic rings. The van der Waals surface area contributed by atoms with Crippen LogP contribution in [0, 0.1) is 0 Å². The minimum Gasteiger partial charge on any atom is -0.364 e. The Morgan fingerprint density at radius 3 is 2.43 bits per heavy atom. The lowest BCUT2D eigenvalue weighted by Gasteiger charge is -2.06. The summed E-state index contributed by atoms with van der Waals surface area (Å²) in [4.78, 5) is 12.1. The predicted octanol–water partition coefficient (Wildman–Crippen LogP) is 3.70. The summed E-state index contributed by atoms with van der Waals surface area (Å²) < 4.78 is 4.77. The monoisotopic (exact) mass is 306 g/mol. The number of hydrogen-bond acceptors (Lipinski definition) is 3. The quantitative estimate of drug-likeness (QED) is 0.706. The van der Waals surface area contributed by atoms with Crippen LogP contribution in [0.1, 0.15) is 22.3 Å². The van der Waals surface area contributed by atoms with E-state index in [1.165, 1.54) is 0 Å². The molecular formula is C19H18N2O2. The van der Waals surface area contributed by atoms with Crippen molar-refractivity contribution in [1.29, 1.82) is 0 Å². The van der Waals surface area contributed by atoms with E-state index in [0.717, 1.165) is 29.5 Å². The Morgan fingerprint density at radius 1 is 1.00 bits per heavy atom. The van der Waals surface area contributed by atoms with Crippen molar-refractivity contribution in [1.82, 2.24) is 10.5 Å². The topological polar surface area (TPSA) is 55.1 Å². The lowest BCUT2D eigenvalue weighted by Crippen LogP contribution is -2.24. The van der Waals surface area contributed by atoms with Gasteiger partial charge in [0.15, 0.2) is 0 Å². The highest BCUT2D eigenvalue weighted by Crippen LogP contribution is 2.19. The van der Waals surface area contributed by atoms with Crippen molar-refractivity contribution in [2.45, 2.75) is 12.8 Å². The lowest BCUT2D eigenvalue weighted by atomic mass is 10.0. The van der Waals surface area contributed by atoms with E-state index in [2.05, 4.69) is 22.6 Å². The molecule has 1 amide bonds. The molecule has 0 saturated heterocycles. The van der Waals surface area contributed by atoms with Crippen LogP contribution in [0.3, 0.4) is 0 Å². The van der Waals surface area contributed by atoms with Crippen molar-refractivity contribution in [3.05, 3.63) is 78.2 Å². The number of nitrogens with zero attached hydrogens (tertiary/aromatic N) is 1. The summed E-state index contributed by atoms with van der Waals surface area (Å²) in [5.74, 6) is -0.0464. The number of benzene rings is 2. The maximum Gasteiger partial charge on any atom is 0.251 e. The molecule has 0 aliphatic carbocycles. The number of amides is 1. The predicted molar refractivity (Wildman–Crippen MR) is 89.0 cm³/mol. The third-order valence-electron chi connectivity index (χ3n) is 3.67. The average Bonchev–Trinajstić information content (AvgIpc) is 3.13. The minimum atomic E-state index is -0.0464. The molecule has 4 nitrogen and oxygen atoms in total. The number of hydrogen-bond donors (Lipinski definition) is 1. The number of aromatic nitrogens is 1. The second kappa shape index (κ2) is 7.40. The molecule has 0 atom stereocenters. The third kappa shape index (κ3) is 4.07. The van der Waals surface area contributed by atoms with Crippen LogP contribution < -0.4 is 5.32 Å². The highest BCUT2D eigenvalue weighted by molar-refractivity contribution is 5.94. The zero-order valence-corrected chi connectivity index (χ0v) is 12.7. The Hall–Kier alpha value is -2.88. The molecule has 1 N–H and O–H groups in total. The Morgan fingerprint density at radius 2 is 1.74 bits per heavy atom. The maximum absolute atomic E-state index is 12.1. The normalized spacial score (nSPS) is 10.4.